The van der Waals surface area contributed by atoms with Gasteiger partial charge in [0.25, 0.3) is 0 Å². The number of hydrogen-bond acceptors (Lipinski definition) is 11. The van der Waals surface area contributed by atoms with E-state index in [9.17, 15) is 48.3 Å². The summed E-state index contributed by atoms with van der Waals surface area (Å²) in [5.74, 6) is -10.8. The lowest BCUT2D eigenvalue weighted by atomic mass is 10.1. The molecule has 0 bridgehead atoms. The fourth-order valence-corrected chi connectivity index (χ4v) is 3.19. The Morgan fingerprint density at radius 1 is 0.619 bits per heavy atom. The predicted octanol–water partition coefficient (Wildman–Crippen LogP) is -4.26. The van der Waals surface area contributed by atoms with Crippen molar-refractivity contribution in [1.82, 2.24) is 26.6 Å². The average Bonchev–Trinajstić information content (AvgIpc) is 2.88. The molecule has 0 aliphatic rings. The van der Waals surface area contributed by atoms with Crippen LogP contribution in [0.1, 0.15) is 32.1 Å². The summed E-state index contributed by atoms with van der Waals surface area (Å²) in [7, 11) is 0. The summed E-state index contributed by atoms with van der Waals surface area (Å²) >= 11 is 3.75. The highest BCUT2D eigenvalue weighted by Crippen LogP contribution is 2.02. The van der Waals surface area contributed by atoms with E-state index in [2.05, 4.69) is 17.9 Å². The van der Waals surface area contributed by atoms with Crippen molar-refractivity contribution in [2.24, 2.45) is 5.73 Å². The maximum atomic E-state index is 12.3. The molecular formula is C21H32N6O14S. The van der Waals surface area contributed by atoms with Gasteiger partial charge in [-0.1, -0.05) is 0 Å². The van der Waals surface area contributed by atoms with Crippen LogP contribution in [0.5, 0.6) is 0 Å². The number of rotatable bonds is 20. The van der Waals surface area contributed by atoms with Crippen molar-refractivity contribution in [3.63, 3.8) is 0 Å². The molecule has 236 valence electrons. The van der Waals surface area contributed by atoms with Crippen molar-refractivity contribution in [3.8, 4) is 0 Å². The second kappa shape index (κ2) is 18.6. The van der Waals surface area contributed by atoms with Crippen molar-refractivity contribution in [1.29, 1.82) is 0 Å². The van der Waals surface area contributed by atoms with Crippen LogP contribution in [0, 0.1) is 0 Å². The lowest BCUT2D eigenvalue weighted by Crippen LogP contribution is -2.57. The molecule has 0 fully saturated rings. The molecule has 0 rings (SSSR count). The van der Waals surface area contributed by atoms with Gasteiger partial charge in [-0.05, 0) is 12.8 Å². The summed E-state index contributed by atoms with van der Waals surface area (Å²) in [6.45, 7) is -0.560. The minimum Gasteiger partial charge on any atom is -0.481 e. The van der Waals surface area contributed by atoms with Crippen LogP contribution in [0.2, 0.25) is 0 Å². The normalized spacial score (nSPS) is 14.0. The third-order valence-corrected chi connectivity index (χ3v) is 5.54. The Labute approximate surface area is 242 Å². The summed E-state index contributed by atoms with van der Waals surface area (Å²) in [6, 6.07) is -9.29. The van der Waals surface area contributed by atoms with Crippen molar-refractivity contribution in [2.75, 3.05) is 12.3 Å². The smallest absolute Gasteiger partial charge is 0.327 e. The summed E-state index contributed by atoms with van der Waals surface area (Å²) in [5.41, 5.74) is 5.65. The third kappa shape index (κ3) is 15.2. The van der Waals surface area contributed by atoms with Gasteiger partial charge in [-0.15, -0.1) is 0 Å². The van der Waals surface area contributed by atoms with E-state index < -0.39 is 122 Å². The van der Waals surface area contributed by atoms with Gasteiger partial charge in [-0.3, -0.25) is 24.0 Å². The molecule has 21 heteroatoms. The van der Waals surface area contributed by atoms with Crippen LogP contribution in [-0.2, 0) is 38.4 Å². The lowest BCUT2D eigenvalue weighted by molar-refractivity contribution is -0.143. The van der Waals surface area contributed by atoms with E-state index in [0.29, 0.717) is 0 Å². The third-order valence-electron chi connectivity index (χ3n) is 5.18. The van der Waals surface area contributed by atoms with Gasteiger partial charge in [0.2, 0.25) is 17.7 Å². The maximum Gasteiger partial charge on any atom is 0.327 e. The standard InChI is InChI=1S/C21H32N6O14S/c22-8(16(33)24-11(5-15(31)32)17(34)25-12(7-42)20(39)40)6-23-13(28)3-1-9(18(35)36)26-21(41)27-10(19(37)38)2-4-14(29)30/h8-12,42H,1-7,22H2,(H,23,28)(H,24,33)(H,25,34)(H,29,30)(H,31,32)(H,35,36)(H,37,38)(H,39,40)(H2,26,27,41)/t8-,9-,10-,11?,12-/m0/s1. The number of nitrogens with two attached hydrogens (primary N) is 1. The van der Waals surface area contributed by atoms with Crippen molar-refractivity contribution >= 4 is 66.2 Å². The number of amides is 5. The van der Waals surface area contributed by atoms with Crippen LogP contribution < -0.4 is 32.3 Å². The zero-order chi connectivity index (χ0) is 32.6. The number of thiol groups is 1. The Hall–Kier alpha value is -4.66. The van der Waals surface area contributed by atoms with Gasteiger partial charge in [-0.2, -0.15) is 12.6 Å². The number of carbonyl (C=O) groups is 9. The molecule has 42 heavy (non-hydrogen) atoms. The van der Waals surface area contributed by atoms with Gasteiger partial charge in [0.1, 0.15) is 30.2 Å². The van der Waals surface area contributed by atoms with Crippen LogP contribution in [0.15, 0.2) is 0 Å². The van der Waals surface area contributed by atoms with Crippen LogP contribution in [0.25, 0.3) is 0 Å². The van der Waals surface area contributed by atoms with Gasteiger partial charge < -0.3 is 57.9 Å². The van der Waals surface area contributed by atoms with Gasteiger partial charge in [0, 0.05) is 25.1 Å². The fraction of sp³-hybridized carbons (Fsp3) is 0.571. The molecule has 5 amide bonds. The fourth-order valence-electron chi connectivity index (χ4n) is 2.94. The molecule has 0 heterocycles. The molecule has 0 saturated carbocycles. The highest BCUT2D eigenvalue weighted by atomic mass is 32.1. The number of carboxylic acids is 5. The number of nitrogens with one attached hydrogen (secondary N) is 5. The predicted molar refractivity (Wildman–Crippen MR) is 139 cm³/mol. The van der Waals surface area contributed by atoms with E-state index >= 15 is 0 Å². The maximum absolute atomic E-state index is 12.3. The van der Waals surface area contributed by atoms with Crippen LogP contribution in [0.3, 0.4) is 0 Å². The number of urea groups is 1. The first-order valence-electron chi connectivity index (χ1n) is 11.9. The molecule has 20 nitrogen and oxygen atoms in total. The average molecular weight is 625 g/mol. The summed E-state index contributed by atoms with van der Waals surface area (Å²) in [6.07, 6.45) is -3.03. The summed E-state index contributed by atoms with van der Waals surface area (Å²) in [5, 5.41) is 55.1. The van der Waals surface area contributed by atoms with Crippen LogP contribution in [-0.4, -0.2) is 122 Å². The minimum absolute atomic E-state index is 0.334. The number of carbonyl (C=O) groups excluding carboxylic acids is 4. The Balaban J connectivity index is 4.95. The number of aliphatic carboxylic acids is 5. The quantitative estimate of drug-likeness (QED) is 0.0570. The summed E-state index contributed by atoms with van der Waals surface area (Å²) in [4.78, 5) is 104. The zero-order valence-electron chi connectivity index (χ0n) is 21.8. The molecule has 1 unspecified atom stereocenters. The first kappa shape index (κ1) is 37.3. The highest BCUT2D eigenvalue weighted by molar-refractivity contribution is 7.80. The van der Waals surface area contributed by atoms with E-state index in [1.165, 1.54) is 0 Å². The van der Waals surface area contributed by atoms with E-state index in [1.807, 2.05) is 21.3 Å². The monoisotopic (exact) mass is 624 g/mol. The van der Waals surface area contributed by atoms with E-state index in [-0.39, 0.29) is 5.75 Å². The molecule has 0 aliphatic carbocycles. The summed E-state index contributed by atoms with van der Waals surface area (Å²) < 4.78 is 0. The number of carboxylic acid groups (broad SMARTS) is 5. The number of hydrogen-bond donors (Lipinski definition) is 12. The Morgan fingerprint density at radius 2 is 1.10 bits per heavy atom. The van der Waals surface area contributed by atoms with E-state index in [4.69, 9.17) is 26.2 Å². The highest BCUT2D eigenvalue weighted by Gasteiger charge is 2.30. The minimum atomic E-state index is -1.73. The first-order valence-corrected chi connectivity index (χ1v) is 12.5. The molecule has 0 aromatic carbocycles. The second-order valence-corrected chi connectivity index (χ2v) is 8.89. The molecule has 0 radical (unpaired) electrons. The Morgan fingerprint density at radius 3 is 1.52 bits per heavy atom. The molecule has 0 aromatic heterocycles. The first-order chi connectivity index (χ1) is 19.5. The lowest BCUT2D eigenvalue weighted by Gasteiger charge is -2.21. The van der Waals surface area contributed by atoms with E-state index in [1.54, 1.807) is 0 Å². The van der Waals surface area contributed by atoms with Gasteiger partial charge in [0.15, 0.2) is 0 Å². The van der Waals surface area contributed by atoms with Crippen LogP contribution in [0.4, 0.5) is 4.79 Å². The van der Waals surface area contributed by atoms with Gasteiger partial charge in [0.05, 0.1) is 6.42 Å². The largest absolute Gasteiger partial charge is 0.481 e. The van der Waals surface area contributed by atoms with Crippen molar-refractivity contribution in [2.45, 2.75) is 62.3 Å². The Kier molecular flexibility index (Phi) is 16.6. The molecule has 0 aliphatic heterocycles. The topological polar surface area (TPSA) is 341 Å². The molecule has 5 atom stereocenters. The van der Waals surface area contributed by atoms with Crippen molar-refractivity contribution in [3.05, 3.63) is 0 Å². The van der Waals surface area contributed by atoms with Crippen LogP contribution >= 0.6 is 12.6 Å². The molecule has 12 N–H and O–H groups in total. The zero-order valence-corrected chi connectivity index (χ0v) is 22.7. The van der Waals surface area contributed by atoms with Gasteiger partial charge >= 0.3 is 35.9 Å². The molecular weight excluding hydrogens is 592 g/mol. The Bertz CT molecular complexity index is 1060. The molecule has 0 aromatic rings. The molecule has 0 spiro atoms. The van der Waals surface area contributed by atoms with Gasteiger partial charge in [-0.25, -0.2) is 19.2 Å². The SMILES string of the molecule is N[C@@H](CNC(=O)CC[C@H](NC(=O)N[C@@H](CCC(=O)O)C(=O)O)C(=O)O)C(=O)NC(CC(=O)O)C(=O)N[C@@H](CS)C(=O)O. The second-order valence-electron chi connectivity index (χ2n) is 8.52. The molecule has 0 saturated heterocycles. The van der Waals surface area contributed by atoms with E-state index in [0.717, 1.165) is 0 Å². The van der Waals surface area contributed by atoms with Crippen molar-refractivity contribution < 1.29 is 68.7 Å².